The lowest BCUT2D eigenvalue weighted by Gasteiger charge is -2.36. The Morgan fingerprint density at radius 3 is 2.25 bits per heavy atom. The fourth-order valence-corrected chi connectivity index (χ4v) is 2.50. The predicted octanol–water partition coefficient (Wildman–Crippen LogP) is 3.92. The van der Waals surface area contributed by atoms with Crippen molar-refractivity contribution in [2.75, 3.05) is 0 Å². The number of hydrogen-bond donors (Lipinski definition) is 0. The Morgan fingerprint density at radius 2 is 1.81 bits per heavy atom. The first-order valence-corrected chi connectivity index (χ1v) is 6.06. The van der Waals surface area contributed by atoms with Gasteiger partial charge in [-0.15, -0.1) is 0 Å². The van der Waals surface area contributed by atoms with E-state index in [0.29, 0.717) is 12.8 Å². The van der Waals surface area contributed by atoms with E-state index in [2.05, 4.69) is 0 Å². The highest BCUT2D eigenvalue weighted by Gasteiger charge is 2.39. The summed E-state index contributed by atoms with van der Waals surface area (Å²) in [5, 5.41) is 0. The first-order valence-electron chi connectivity index (χ1n) is 6.06. The summed E-state index contributed by atoms with van der Waals surface area (Å²) < 4.78 is 25.3. The van der Waals surface area contributed by atoms with E-state index in [0.717, 1.165) is 6.42 Å². The molecule has 1 aliphatic carbocycles. The van der Waals surface area contributed by atoms with Gasteiger partial charge in [-0.1, -0.05) is 27.7 Å². The second kappa shape index (κ2) is 4.80. The first-order chi connectivity index (χ1) is 7.23. The van der Waals surface area contributed by atoms with E-state index in [4.69, 9.17) is 0 Å². The Balaban J connectivity index is 2.74. The van der Waals surface area contributed by atoms with Crippen molar-refractivity contribution in [3.63, 3.8) is 0 Å². The highest BCUT2D eigenvalue weighted by molar-refractivity contribution is 5.86. The minimum absolute atomic E-state index is 0.144. The molecule has 0 radical (unpaired) electrons. The molecule has 1 nitrogen and oxygen atoms in total. The van der Waals surface area contributed by atoms with Gasteiger partial charge in [-0.05, 0) is 25.2 Å². The summed E-state index contributed by atoms with van der Waals surface area (Å²) in [6.45, 7) is 7.62. The average Bonchev–Trinajstić information content (AvgIpc) is 2.15. The lowest BCUT2D eigenvalue weighted by atomic mass is 9.68. The van der Waals surface area contributed by atoms with Crippen LogP contribution in [-0.4, -0.2) is 12.2 Å². The number of halogens is 2. The molecule has 0 aromatic carbocycles. The molecule has 1 fully saturated rings. The molecule has 0 bridgehead atoms. The third-order valence-electron chi connectivity index (χ3n) is 3.67. The Hall–Kier alpha value is -0.470. The fraction of sp³-hybridized carbons (Fsp3) is 0.923. The van der Waals surface area contributed by atoms with Gasteiger partial charge in [0.15, 0.2) is 0 Å². The molecule has 3 atom stereocenters. The lowest BCUT2D eigenvalue weighted by molar-refractivity contribution is -0.134. The minimum atomic E-state index is -2.28. The number of rotatable bonds is 2. The predicted molar refractivity (Wildman–Crippen MR) is 60.5 cm³/mol. The number of alkyl halides is 2. The molecule has 0 aliphatic heterocycles. The number of carbonyl (C=O) groups is 1. The summed E-state index contributed by atoms with van der Waals surface area (Å²) in [7, 11) is 0. The van der Waals surface area contributed by atoms with Crippen molar-refractivity contribution in [3.05, 3.63) is 0 Å². The Morgan fingerprint density at radius 1 is 1.25 bits per heavy atom. The molecule has 1 saturated carbocycles. The lowest BCUT2D eigenvalue weighted by Crippen LogP contribution is -2.37. The third kappa shape index (κ3) is 3.02. The van der Waals surface area contributed by atoms with Gasteiger partial charge in [0.05, 0.1) is 0 Å². The number of ketones is 1. The third-order valence-corrected chi connectivity index (χ3v) is 3.67. The molecular formula is C13H22F2O. The van der Waals surface area contributed by atoms with Gasteiger partial charge in [0.25, 0.3) is 0 Å². The van der Waals surface area contributed by atoms with Gasteiger partial charge in [-0.25, -0.2) is 8.78 Å². The van der Waals surface area contributed by atoms with E-state index in [9.17, 15) is 13.6 Å². The van der Waals surface area contributed by atoms with Gasteiger partial charge in [0, 0.05) is 17.3 Å². The number of Topliss-reactive ketones (excluding diaryl/α,β-unsaturated/α-hetero) is 1. The van der Waals surface area contributed by atoms with Crippen molar-refractivity contribution >= 4 is 5.78 Å². The van der Waals surface area contributed by atoms with Gasteiger partial charge < -0.3 is 0 Å². The molecular weight excluding hydrogens is 210 g/mol. The summed E-state index contributed by atoms with van der Waals surface area (Å²) in [6, 6.07) is 0. The Labute approximate surface area is 96.6 Å². The van der Waals surface area contributed by atoms with Gasteiger partial charge in [-0.3, -0.25) is 4.79 Å². The Bertz CT molecular complexity index is 255. The zero-order valence-corrected chi connectivity index (χ0v) is 10.6. The normalized spacial score (nSPS) is 31.8. The smallest absolute Gasteiger partial charge is 0.241 e. The van der Waals surface area contributed by atoms with Crippen molar-refractivity contribution in [2.24, 2.45) is 23.2 Å². The fourth-order valence-electron chi connectivity index (χ4n) is 2.50. The minimum Gasteiger partial charge on any atom is -0.299 e. The molecule has 0 amide bonds. The second-order valence-corrected chi connectivity index (χ2v) is 6.11. The van der Waals surface area contributed by atoms with Crippen molar-refractivity contribution < 1.29 is 13.6 Å². The molecule has 0 aromatic rings. The van der Waals surface area contributed by atoms with Crippen LogP contribution in [0, 0.1) is 23.2 Å². The largest absolute Gasteiger partial charge is 0.299 e. The molecule has 0 saturated heterocycles. The number of carbonyl (C=O) groups excluding carboxylic acids is 1. The van der Waals surface area contributed by atoms with Crippen LogP contribution in [-0.2, 0) is 4.79 Å². The monoisotopic (exact) mass is 232 g/mol. The summed E-state index contributed by atoms with van der Waals surface area (Å²) in [5.41, 5.74) is -0.414. The molecule has 94 valence electrons. The average molecular weight is 232 g/mol. The van der Waals surface area contributed by atoms with Crippen LogP contribution in [0.15, 0.2) is 0 Å². The molecule has 3 heteroatoms. The van der Waals surface area contributed by atoms with Crippen LogP contribution in [0.5, 0.6) is 0 Å². The summed E-state index contributed by atoms with van der Waals surface area (Å²) in [5.74, 6) is -0.354. The maximum absolute atomic E-state index is 12.7. The van der Waals surface area contributed by atoms with Crippen molar-refractivity contribution in [1.82, 2.24) is 0 Å². The maximum Gasteiger partial charge on any atom is 0.241 e. The van der Waals surface area contributed by atoms with Crippen LogP contribution in [0.1, 0.15) is 47.0 Å². The first kappa shape index (κ1) is 13.6. The van der Waals surface area contributed by atoms with Gasteiger partial charge in [0.2, 0.25) is 6.43 Å². The van der Waals surface area contributed by atoms with Crippen LogP contribution in [0.25, 0.3) is 0 Å². The van der Waals surface area contributed by atoms with Crippen molar-refractivity contribution in [3.8, 4) is 0 Å². The van der Waals surface area contributed by atoms with Crippen LogP contribution in [0.3, 0.4) is 0 Å². The maximum atomic E-state index is 12.7. The molecule has 0 aromatic heterocycles. The van der Waals surface area contributed by atoms with Gasteiger partial charge in [0.1, 0.15) is 5.78 Å². The zero-order chi connectivity index (χ0) is 12.5. The molecule has 0 N–H and O–H groups in total. The molecule has 1 aliphatic rings. The van der Waals surface area contributed by atoms with Crippen LogP contribution < -0.4 is 0 Å². The number of hydrogen-bond acceptors (Lipinski definition) is 1. The van der Waals surface area contributed by atoms with E-state index in [1.807, 2.05) is 27.7 Å². The summed E-state index contributed by atoms with van der Waals surface area (Å²) in [4.78, 5) is 12.2. The van der Waals surface area contributed by atoms with Crippen LogP contribution >= 0.6 is 0 Å². The van der Waals surface area contributed by atoms with E-state index in [1.54, 1.807) is 0 Å². The molecule has 1 rings (SSSR count). The highest BCUT2D eigenvalue weighted by atomic mass is 19.3. The van der Waals surface area contributed by atoms with E-state index in [-0.39, 0.29) is 17.6 Å². The molecule has 0 spiro atoms. The molecule has 3 unspecified atom stereocenters. The summed E-state index contributed by atoms with van der Waals surface area (Å²) >= 11 is 0. The van der Waals surface area contributed by atoms with Crippen LogP contribution in [0.2, 0.25) is 0 Å². The van der Waals surface area contributed by atoms with Crippen LogP contribution in [0.4, 0.5) is 8.78 Å². The quantitative estimate of drug-likeness (QED) is 0.705. The topological polar surface area (TPSA) is 17.1 Å². The standard InChI is InChI=1S/C13H22F2O/c1-8-5-6-9(12(14)15)7-10(8)11(16)13(2,3)4/h8-10,12H,5-7H2,1-4H3. The highest BCUT2D eigenvalue weighted by Crippen LogP contribution is 2.40. The van der Waals surface area contributed by atoms with Crippen molar-refractivity contribution in [2.45, 2.75) is 53.4 Å². The Kier molecular flexibility index (Phi) is 4.08. The van der Waals surface area contributed by atoms with Gasteiger partial charge in [-0.2, -0.15) is 0 Å². The van der Waals surface area contributed by atoms with Gasteiger partial charge >= 0.3 is 0 Å². The van der Waals surface area contributed by atoms with E-state index >= 15 is 0 Å². The van der Waals surface area contributed by atoms with E-state index in [1.165, 1.54) is 0 Å². The van der Waals surface area contributed by atoms with E-state index < -0.39 is 17.8 Å². The molecule has 16 heavy (non-hydrogen) atoms. The summed E-state index contributed by atoms with van der Waals surface area (Å²) in [6.07, 6.45) is -0.591. The zero-order valence-electron chi connectivity index (χ0n) is 10.6. The van der Waals surface area contributed by atoms with Crippen molar-refractivity contribution in [1.29, 1.82) is 0 Å². The SMILES string of the molecule is CC1CCC(C(F)F)CC1C(=O)C(C)(C)C. The molecule has 0 heterocycles. The second-order valence-electron chi connectivity index (χ2n) is 6.11.